The van der Waals surface area contributed by atoms with Gasteiger partial charge in [0.05, 0.1) is 6.54 Å². The van der Waals surface area contributed by atoms with Crippen LogP contribution in [0.5, 0.6) is 0 Å². The molecule has 23 heavy (non-hydrogen) atoms. The number of aryl methyl sites for hydroxylation is 1. The Labute approximate surface area is 144 Å². The molecule has 6 heteroatoms. The van der Waals surface area contributed by atoms with Gasteiger partial charge < -0.3 is 15.5 Å². The van der Waals surface area contributed by atoms with E-state index in [2.05, 4.69) is 46.3 Å². The highest BCUT2D eigenvalue weighted by Crippen LogP contribution is 2.16. The van der Waals surface area contributed by atoms with Crippen LogP contribution in [0, 0.1) is 5.92 Å². The third-order valence-corrected chi connectivity index (χ3v) is 5.26. The van der Waals surface area contributed by atoms with Crippen LogP contribution in [0.1, 0.15) is 43.5 Å². The molecule has 0 saturated carbocycles. The number of thiazole rings is 1. The van der Waals surface area contributed by atoms with Crippen LogP contribution in [0.4, 0.5) is 0 Å². The number of hydrogen-bond donors (Lipinski definition) is 2. The number of nitrogens with one attached hydrogen (secondary N) is 2. The second kappa shape index (κ2) is 9.88. The maximum Gasteiger partial charge on any atom is 0.191 e. The van der Waals surface area contributed by atoms with E-state index < -0.39 is 0 Å². The molecule has 1 atom stereocenters. The van der Waals surface area contributed by atoms with Crippen molar-refractivity contribution in [2.24, 2.45) is 10.9 Å². The van der Waals surface area contributed by atoms with Crippen LogP contribution in [-0.2, 0) is 13.0 Å². The lowest BCUT2D eigenvalue weighted by Gasteiger charge is -2.16. The molecule has 0 spiro atoms. The van der Waals surface area contributed by atoms with Crippen LogP contribution in [0.15, 0.2) is 11.2 Å². The minimum atomic E-state index is 0.659. The fourth-order valence-corrected chi connectivity index (χ4v) is 3.70. The van der Waals surface area contributed by atoms with Gasteiger partial charge >= 0.3 is 0 Å². The monoisotopic (exact) mass is 337 g/mol. The molecule has 5 nitrogen and oxygen atoms in total. The Morgan fingerprint density at radius 2 is 2.26 bits per heavy atom. The van der Waals surface area contributed by atoms with Crippen molar-refractivity contribution in [3.8, 4) is 0 Å². The topological polar surface area (TPSA) is 52.5 Å². The smallest absolute Gasteiger partial charge is 0.191 e. The van der Waals surface area contributed by atoms with E-state index in [1.165, 1.54) is 37.4 Å². The molecule has 1 aliphatic heterocycles. The van der Waals surface area contributed by atoms with Crippen molar-refractivity contribution in [2.45, 2.75) is 46.6 Å². The molecule has 1 aliphatic rings. The van der Waals surface area contributed by atoms with Crippen molar-refractivity contribution in [3.63, 3.8) is 0 Å². The second-order valence-corrected chi connectivity index (χ2v) is 7.30. The molecule has 130 valence electrons. The van der Waals surface area contributed by atoms with Gasteiger partial charge in [0, 0.05) is 30.7 Å². The molecular formula is C17H31N5S. The van der Waals surface area contributed by atoms with Gasteiger partial charge in [0.25, 0.3) is 0 Å². The highest BCUT2D eigenvalue weighted by molar-refractivity contribution is 7.11. The zero-order valence-corrected chi connectivity index (χ0v) is 15.6. The zero-order chi connectivity index (χ0) is 16.5. The molecule has 1 aromatic heterocycles. The standard InChI is InChI=1S/C17H31N5S/c1-4-8-22-9-7-14(13-22)10-20-17(18-6-3)21-12-16-19-11-15(5-2)23-16/h11,14H,4-10,12-13H2,1-3H3,(H2,18,20,21). The molecule has 1 aromatic rings. The Hall–Kier alpha value is -1.14. The molecule has 0 bridgehead atoms. The average Bonchev–Trinajstić information content (AvgIpc) is 3.19. The number of hydrogen-bond acceptors (Lipinski definition) is 4. The van der Waals surface area contributed by atoms with Crippen LogP contribution < -0.4 is 10.6 Å². The largest absolute Gasteiger partial charge is 0.357 e. The van der Waals surface area contributed by atoms with Gasteiger partial charge in [0.1, 0.15) is 5.01 Å². The number of nitrogens with zero attached hydrogens (tertiary/aromatic N) is 3. The van der Waals surface area contributed by atoms with Crippen molar-refractivity contribution < 1.29 is 0 Å². The fourth-order valence-electron chi connectivity index (χ4n) is 2.91. The van der Waals surface area contributed by atoms with Crippen molar-refractivity contribution in [2.75, 3.05) is 32.7 Å². The summed E-state index contributed by atoms with van der Waals surface area (Å²) in [4.78, 5) is 13.0. The van der Waals surface area contributed by atoms with Crippen molar-refractivity contribution in [1.29, 1.82) is 0 Å². The zero-order valence-electron chi connectivity index (χ0n) is 14.8. The Balaban J connectivity index is 1.80. The Morgan fingerprint density at radius 3 is 2.96 bits per heavy atom. The normalized spacial score (nSPS) is 19.3. The van der Waals surface area contributed by atoms with E-state index in [9.17, 15) is 0 Å². The number of aliphatic imine (C=N–C) groups is 1. The highest BCUT2D eigenvalue weighted by atomic mass is 32.1. The molecule has 0 aromatic carbocycles. The summed E-state index contributed by atoms with van der Waals surface area (Å²) < 4.78 is 0. The van der Waals surface area contributed by atoms with E-state index in [1.807, 2.05) is 6.20 Å². The van der Waals surface area contributed by atoms with Gasteiger partial charge in [0.2, 0.25) is 0 Å². The van der Waals surface area contributed by atoms with Gasteiger partial charge in [-0.25, -0.2) is 9.98 Å². The Morgan fingerprint density at radius 1 is 1.39 bits per heavy atom. The van der Waals surface area contributed by atoms with Gasteiger partial charge in [-0.2, -0.15) is 0 Å². The van der Waals surface area contributed by atoms with Crippen LogP contribution in [0.3, 0.4) is 0 Å². The first-order valence-electron chi connectivity index (χ1n) is 8.93. The molecule has 2 heterocycles. The molecule has 1 fully saturated rings. The molecule has 2 rings (SSSR count). The van der Waals surface area contributed by atoms with Gasteiger partial charge in [0.15, 0.2) is 5.96 Å². The predicted octanol–water partition coefficient (Wildman–Crippen LogP) is 2.49. The molecule has 1 unspecified atom stereocenters. The third kappa shape index (κ3) is 6.11. The van der Waals surface area contributed by atoms with Gasteiger partial charge in [-0.05, 0) is 45.2 Å². The summed E-state index contributed by atoms with van der Waals surface area (Å²) in [7, 11) is 0. The Kier molecular flexibility index (Phi) is 7.82. The maximum absolute atomic E-state index is 4.68. The average molecular weight is 338 g/mol. The van der Waals surface area contributed by atoms with Gasteiger partial charge in [-0.3, -0.25) is 0 Å². The first-order valence-corrected chi connectivity index (χ1v) is 9.74. The molecule has 0 amide bonds. The first kappa shape index (κ1) is 18.2. The van der Waals surface area contributed by atoms with E-state index in [0.717, 1.165) is 36.4 Å². The van der Waals surface area contributed by atoms with Crippen molar-refractivity contribution in [1.82, 2.24) is 20.5 Å². The number of guanidine groups is 1. The highest BCUT2D eigenvalue weighted by Gasteiger charge is 2.21. The minimum absolute atomic E-state index is 0.659. The molecule has 0 aliphatic carbocycles. The summed E-state index contributed by atoms with van der Waals surface area (Å²) in [6.07, 6.45) is 5.56. The quantitative estimate of drug-likeness (QED) is 0.565. The lowest BCUT2D eigenvalue weighted by Crippen LogP contribution is -2.40. The van der Waals surface area contributed by atoms with E-state index in [4.69, 9.17) is 0 Å². The predicted molar refractivity (Wildman–Crippen MR) is 99.1 cm³/mol. The summed E-state index contributed by atoms with van der Waals surface area (Å²) in [5.74, 6) is 1.65. The van der Waals surface area contributed by atoms with Crippen LogP contribution in [0.2, 0.25) is 0 Å². The molecular weight excluding hydrogens is 306 g/mol. The lowest BCUT2D eigenvalue weighted by atomic mass is 10.1. The third-order valence-electron chi connectivity index (χ3n) is 4.13. The van der Waals surface area contributed by atoms with Crippen LogP contribution in [-0.4, -0.2) is 48.6 Å². The fraction of sp³-hybridized carbons (Fsp3) is 0.765. The number of rotatable bonds is 8. The van der Waals surface area contributed by atoms with E-state index in [0.29, 0.717) is 6.54 Å². The van der Waals surface area contributed by atoms with E-state index in [-0.39, 0.29) is 0 Å². The SMILES string of the molecule is CCCN1CCC(CNC(=NCc2ncc(CC)s2)NCC)C1. The van der Waals surface area contributed by atoms with Crippen LogP contribution >= 0.6 is 11.3 Å². The molecule has 2 N–H and O–H groups in total. The summed E-state index contributed by atoms with van der Waals surface area (Å²) in [6.45, 7) is 12.8. The molecule has 1 saturated heterocycles. The van der Waals surface area contributed by atoms with Gasteiger partial charge in [-0.1, -0.05) is 13.8 Å². The number of aromatic nitrogens is 1. The second-order valence-electron chi connectivity index (χ2n) is 6.11. The minimum Gasteiger partial charge on any atom is -0.357 e. The summed E-state index contributed by atoms with van der Waals surface area (Å²) in [6, 6.07) is 0. The van der Waals surface area contributed by atoms with E-state index in [1.54, 1.807) is 11.3 Å². The van der Waals surface area contributed by atoms with E-state index >= 15 is 0 Å². The molecule has 0 radical (unpaired) electrons. The summed E-state index contributed by atoms with van der Waals surface area (Å²) in [5, 5.41) is 7.93. The van der Waals surface area contributed by atoms with Crippen LogP contribution in [0.25, 0.3) is 0 Å². The van der Waals surface area contributed by atoms with Gasteiger partial charge in [-0.15, -0.1) is 11.3 Å². The summed E-state index contributed by atoms with van der Waals surface area (Å²) in [5.41, 5.74) is 0. The Bertz CT molecular complexity index is 485. The lowest BCUT2D eigenvalue weighted by molar-refractivity contribution is 0.324. The van der Waals surface area contributed by atoms with Crippen molar-refractivity contribution >= 4 is 17.3 Å². The first-order chi connectivity index (χ1) is 11.2. The maximum atomic E-state index is 4.68. The van der Waals surface area contributed by atoms with Crippen molar-refractivity contribution in [3.05, 3.63) is 16.1 Å². The summed E-state index contributed by atoms with van der Waals surface area (Å²) >= 11 is 1.76. The number of likely N-dealkylation sites (tertiary alicyclic amines) is 1.